The first kappa shape index (κ1) is 8.08. The van der Waals surface area contributed by atoms with Crippen LogP contribution in [0.3, 0.4) is 0 Å². The minimum absolute atomic E-state index is 0.0675. The average Bonchev–Trinajstić information content (AvgIpc) is 1.94. The maximum absolute atomic E-state index is 5.70. The summed E-state index contributed by atoms with van der Waals surface area (Å²) in [4.78, 5) is 0. The van der Waals surface area contributed by atoms with Gasteiger partial charge >= 0.3 is 0 Å². The Balaban J connectivity index is 3.05. The van der Waals surface area contributed by atoms with Gasteiger partial charge in [-0.3, -0.25) is 0 Å². The molecule has 0 aliphatic carbocycles. The zero-order valence-corrected chi connectivity index (χ0v) is 6.96. The Morgan fingerprint density at radius 1 is 1.36 bits per heavy atom. The van der Waals surface area contributed by atoms with Crippen LogP contribution in [0.15, 0.2) is 18.2 Å². The van der Waals surface area contributed by atoms with Gasteiger partial charge in [-0.15, -0.1) is 0 Å². The van der Waals surface area contributed by atoms with Crippen LogP contribution in [0.2, 0.25) is 0 Å². The van der Waals surface area contributed by atoms with Gasteiger partial charge in [0.2, 0.25) is 0 Å². The lowest BCUT2D eigenvalue weighted by Gasteiger charge is -2.07. The molecular formula is C9H14N2. The number of hydrogen-bond acceptors (Lipinski definition) is 2. The second-order valence-corrected chi connectivity index (χ2v) is 2.90. The van der Waals surface area contributed by atoms with Crippen LogP contribution >= 0.6 is 0 Å². The molecule has 0 amide bonds. The molecular weight excluding hydrogens is 136 g/mol. The van der Waals surface area contributed by atoms with Gasteiger partial charge in [-0.1, -0.05) is 12.1 Å². The van der Waals surface area contributed by atoms with Crippen molar-refractivity contribution in [2.24, 2.45) is 5.73 Å². The molecule has 0 aromatic heterocycles. The number of anilines is 1. The molecule has 11 heavy (non-hydrogen) atoms. The van der Waals surface area contributed by atoms with Crippen molar-refractivity contribution in [3.8, 4) is 0 Å². The fourth-order valence-corrected chi connectivity index (χ4v) is 0.942. The van der Waals surface area contributed by atoms with Crippen LogP contribution in [0.1, 0.15) is 24.1 Å². The van der Waals surface area contributed by atoms with Crippen LogP contribution < -0.4 is 11.5 Å². The van der Waals surface area contributed by atoms with Crippen LogP contribution in [-0.4, -0.2) is 0 Å². The molecule has 0 aliphatic rings. The molecule has 0 aliphatic heterocycles. The second kappa shape index (κ2) is 2.93. The Morgan fingerprint density at radius 2 is 2.00 bits per heavy atom. The van der Waals surface area contributed by atoms with E-state index in [9.17, 15) is 0 Å². The molecule has 1 aromatic carbocycles. The SMILES string of the molecule is Cc1ccc(C(C)N)cc1N. The number of aryl methyl sites for hydroxylation is 1. The molecule has 0 saturated carbocycles. The van der Waals surface area contributed by atoms with E-state index in [4.69, 9.17) is 11.5 Å². The zero-order chi connectivity index (χ0) is 8.43. The number of nitrogens with two attached hydrogens (primary N) is 2. The minimum Gasteiger partial charge on any atom is -0.399 e. The fraction of sp³-hybridized carbons (Fsp3) is 0.333. The highest BCUT2D eigenvalue weighted by Crippen LogP contribution is 2.16. The molecule has 1 atom stereocenters. The molecule has 1 aromatic rings. The molecule has 0 fully saturated rings. The van der Waals surface area contributed by atoms with E-state index in [1.54, 1.807) is 0 Å². The Morgan fingerprint density at radius 3 is 2.45 bits per heavy atom. The lowest BCUT2D eigenvalue weighted by atomic mass is 10.1. The summed E-state index contributed by atoms with van der Waals surface area (Å²) in [7, 11) is 0. The van der Waals surface area contributed by atoms with Crippen LogP contribution in [0, 0.1) is 6.92 Å². The standard InChI is InChI=1S/C9H14N2/c1-6-3-4-8(7(2)10)5-9(6)11/h3-5,7H,10-11H2,1-2H3. The summed E-state index contributed by atoms with van der Waals surface area (Å²) in [6, 6.07) is 6.00. The van der Waals surface area contributed by atoms with Crippen LogP contribution in [0.4, 0.5) is 5.69 Å². The molecule has 0 spiro atoms. The maximum Gasteiger partial charge on any atom is 0.0347 e. The van der Waals surface area contributed by atoms with Gasteiger partial charge in [-0.05, 0) is 31.0 Å². The third-order valence-electron chi connectivity index (χ3n) is 1.83. The second-order valence-electron chi connectivity index (χ2n) is 2.90. The van der Waals surface area contributed by atoms with E-state index in [2.05, 4.69) is 0 Å². The first-order valence-electron chi connectivity index (χ1n) is 3.73. The van der Waals surface area contributed by atoms with Crippen molar-refractivity contribution in [2.75, 3.05) is 5.73 Å². The molecule has 2 nitrogen and oxygen atoms in total. The largest absolute Gasteiger partial charge is 0.399 e. The highest BCUT2D eigenvalue weighted by molar-refractivity contribution is 5.48. The van der Waals surface area contributed by atoms with Crippen molar-refractivity contribution in [1.82, 2.24) is 0 Å². The molecule has 1 rings (SSSR count). The zero-order valence-electron chi connectivity index (χ0n) is 6.96. The summed E-state index contributed by atoms with van der Waals surface area (Å²) in [5, 5.41) is 0. The van der Waals surface area contributed by atoms with Gasteiger partial charge < -0.3 is 11.5 Å². The molecule has 0 radical (unpaired) electrons. The van der Waals surface area contributed by atoms with E-state index in [0.717, 1.165) is 16.8 Å². The number of rotatable bonds is 1. The molecule has 2 heteroatoms. The summed E-state index contributed by atoms with van der Waals surface area (Å²) in [6.07, 6.45) is 0. The van der Waals surface area contributed by atoms with Crippen LogP contribution in [0.5, 0.6) is 0 Å². The van der Waals surface area contributed by atoms with Gasteiger partial charge in [0, 0.05) is 11.7 Å². The predicted octanol–water partition coefficient (Wildman–Crippen LogP) is 1.60. The summed E-state index contributed by atoms with van der Waals surface area (Å²) >= 11 is 0. The fourth-order valence-electron chi connectivity index (χ4n) is 0.942. The Bertz CT molecular complexity index is 254. The summed E-state index contributed by atoms with van der Waals surface area (Å²) in [5.41, 5.74) is 14.4. The van der Waals surface area contributed by atoms with E-state index in [1.807, 2.05) is 32.0 Å². The monoisotopic (exact) mass is 150 g/mol. The lowest BCUT2D eigenvalue weighted by molar-refractivity contribution is 0.818. The smallest absolute Gasteiger partial charge is 0.0347 e. The van der Waals surface area contributed by atoms with Crippen molar-refractivity contribution < 1.29 is 0 Å². The Hall–Kier alpha value is -1.02. The van der Waals surface area contributed by atoms with E-state index in [1.165, 1.54) is 0 Å². The minimum atomic E-state index is 0.0675. The van der Waals surface area contributed by atoms with E-state index in [0.29, 0.717) is 0 Å². The highest BCUT2D eigenvalue weighted by atomic mass is 14.6. The predicted molar refractivity (Wildman–Crippen MR) is 48.2 cm³/mol. The quantitative estimate of drug-likeness (QED) is 0.597. The van der Waals surface area contributed by atoms with Gasteiger partial charge in [0.25, 0.3) is 0 Å². The van der Waals surface area contributed by atoms with Gasteiger partial charge in [0.15, 0.2) is 0 Å². The summed E-state index contributed by atoms with van der Waals surface area (Å²) < 4.78 is 0. The normalized spacial score (nSPS) is 13.0. The summed E-state index contributed by atoms with van der Waals surface area (Å²) in [6.45, 7) is 3.93. The van der Waals surface area contributed by atoms with Gasteiger partial charge in [0.1, 0.15) is 0 Å². The van der Waals surface area contributed by atoms with Gasteiger partial charge in [0.05, 0.1) is 0 Å². The van der Waals surface area contributed by atoms with E-state index >= 15 is 0 Å². The topological polar surface area (TPSA) is 52.0 Å². The van der Waals surface area contributed by atoms with Gasteiger partial charge in [-0.2, -0.15) is 0 Å². The first-order valence-corrected chi connectivity index (χ1v) is 3.73. The number of nitrogen functional groups attached to an aromatic ring is 1. The molecule has 0 saturated heterocycles. The Labute approximate surface area is 67.2 Å². The Kier molecular flexibility index (Phi) is 2.15. The van der Waals surface area contributed by atoms with Crippen molar-refractivity contribution in [3.63, 3.8) is 0 Å². The first-order chi connectivity index (χ1) is 5.11. The molecule has 0 bridgehead atoms. The molecule has 60 valence electrons. The van der Waals surface area contributed by atoms with Crippen molar-refractivity contribution in [2.45, 2.75) is 19.9 Å². The maximum atomic E-state index is 5.70. The van der Waals surface area contributed by atoms with E-state index < -0.39 is 0 Å². The highest BCUT2D eigenvalue weighted by Gasteiger charge is 1.99. The molecule has 0 heterocycles. The molecule has 1 unspecified atom stereocenters. The van der Waals surface area contributed by atoms with Gasteiger partial charge in [-0.25, -0.2) is 0 Å². The van der Waals surface area contributed by atoms with E-state index in [-0.39, 0.29) is 6.04 Å². The van der Waals surface area contributed by atoms with Crippen molar-refractivity contribution in [3.05, 3.63) is 29.3 Å². The lowest BCUT2D eigenvalue weighted by Crippen LogP contribution is -2.05. The third kappa shape index (κ3) is 1.71. The average molecular weight is 150 g/mol. The third-order valence-corrected chi connectivity index (χ3v) is 1.83. The van der Waals surface area contributed by atoms with Crippen molar-refractivity contribution in [1.29, 1.82) is 0 Å². The molecule has 4 N–H and O–H groups in total. The number of hydrogen-bond donors (Lipinski definition) is 2. The van der Waals surface area contributed by atoms with Crippen LogP contribution in [0.25, 0.3) is 0 Å². The summed E-state index contributed by atoms with van der Waals surface area (Å²) in [5.74, 6) is 0. The van der Waals surface area contributed by atoms with Crippen LogP contribution in [-0.2, 0) is 0 Å². The number of benzene rings is 1. The van der Waals surface area contributed by atoms with Crippen molar-refractivity contribution >= 4 is 5.69 Å².